The Hall–Kier alpha value is -1.80. The van der Waals surface area contributed by atoms with Crippen molar-refractivity contribution in [3.8, 4) is 0 Å². The molecule has 0 aliphatic rings. The highest BCUT2D eigenvalue weighted by atomic mass is 32.2. The average Bonchev–Trinajstić information content (AvgIpc) is 3.13. The summed E-state index contributed by atoms with van der Waals surface area (Å²) < 4.78 is 0. The lowest BCUT2D eigenvalue weighted by Gasteiger charge is -2.23. The SMILES string of the molecule is CN(C)CCSCC(=O)N(CCCCCCCCCC/C=C\CCCCCCCC(=O)O)CCCCCCCCCC/C=C\CCCCCCCC(=O)O. The predicted octanol–water partition coefficient (Wildman–Crippen LogP) is 12.9. The topological polar surface area (TPSA) is 98.2 Å². The second-order valence-electron chi connectivity index (χ2n) is 15.8. The van der Waals surface area contributed by atoms with E-state index in [1.807, 2.05) is 0 Å². The third kappa shape index (κ3) is 42.9. The number of amides is 1. The van der Waals surface area contributed by atoms with Gasteiger partial charge in [0.2, 0.25) is 5.91 Å². The summed E-state index contributed by atoms with van der Waals surface area (Å²) in [5.41, 5.74) is 0. The molecule has 0 aliphatic heterocycles. The minimum Gasteiger partial charge on any atom is -0.481 e. The lowest BCUT2D eigenvalue weighted by molar-refractivity contribution is -0.138. The molecule has 316 valence electrons. The number of carbonyl (C=O) groups is 3. The molecule has 0 aromatic heterocycles. The summed E-state index contributed by atoms with van der Waals surface area (Å²) in [5.74, 6) is 0.610. The molecule has 8 heteroatoms. The number of carboxylic acids is 2. The van der Waals surface area contributed by atoms with E-state index >= 15 is 0 Å². The van der Waals surface area contributed by atoms with Crippen LogP contribution in [0.25, 0.3) is 0 Å². The summed E-state index contributed by atoms with van der Waals surface area (Å²) in [6.45, 7) is 2.87. The molecule has 0 aliphatic carbocycles. The molecule has 0 spiro atoms. The van der Waals surface area contributed by atoms with Crippen molar-refractivity contribution in [2.75, 3.05) is 45.2 Å². The number of hydrogen-bond donors (Lipinski definition) is 2. The minimum absolute atomic E-state index is 0.310. The van der Waals surface area contributed by atoms with Crippen molar-refractivity contribution in [2.45, 2.75) is 205 Å². The molecule has 54 heavy (non-hydrogen) atoms. The zero-order valence-corrected chi connectivity index (χ0v) is 36.2. The van der Waals surface area contributed by atoms with E-state index in [-0.39, 0.29) is 0 Å². The monoisotopic (exact) mass is 779 g/mol. The van der Waals surface area contributed by atoms with Crippen LogP contribution in [-0.4, -0.2) is 83.1 Å². The maximum atomic E-state index is 13.1. The van der Waals surface area contributed by atoms with Gasteiger partial charge in [-0.25, -0.2) is 0 Å². The molecule has 7 nitrogen and oxygen atoms in total. The molecule has 0 saturated heterocycles. The summed E-state index contributed by atoms with van der Waals surface area (Å²) in [5, 5.41) is 17.4. The number of thioether (sulfide) groups is 1. The van der Waals surface area contributed by atoms with Crippen molar-refractivity contribution >= 4 is 29.6 Å². The Labute approximate surface area is 337 Å². The molecular weight excluding hydrogens is 693 g/mol. The van der Waals surface area contributed by atoms with Gasteiger partial charge in [-0.1, -0.05) is 140 Å². The van der Waals surface area contributed by atoms with Gasteiger partial charge in [-0.3, -0.25) is 14.4 Å². The third-order valence-corrected chi connectivity index (χ3v) is 11.1. The van der Waals surface area contributed by atoms with Gasteiger partial charge in [0.15, 0.2) is 0 Å². The second-order valence-corrected chi connectivity index (χ2v) is 16.9. The third-order valence-electron chi connectivity index (χ3n) is 10.2. The molecule has 0 saturated carbocycles. The van der Waals surface area contributed by atoms with Crippen LogP contribution >= 0.6 is 11.8 Å². The van der Waals surface area contributed by atoms with Crippen LogP contribution in [0.2, 0.25) is 0 Å². The fourth-order valence-corrected chi connectivity index (χ4v) is 7.71. The first kappa shape index (κ1) is 52.2. The van der Waals surface area contributed by atoms with Gasteiger partial charge in [-0.05, 0) is 91.1 Å². The van der Waals surface area contributed by atoms with Crippen LogP contribution in [0.4, 0.5) is 0 Å². The summed E-state index contributed by atoms with van der Waals surface area (Å²) in [4.78, 5) is 38.5. The second kappa shape index (κ2) is 42.3. The Bertz CT molecular complexity index is 852. The number of rotatable bonds is 43. The largest absolute Gasteiger partial charge is 0.481 e. The number of carbonyl (C=O) groups excluding carboxylic acids is 1. The molecule has 2 N–H and O–H groups in total. The number of nitrogens with zero attached hydrogens (tertiary/aromatic N) is 2. The van der Waals surface area contributed by atoms with Gasteiger partial charge in [0, 0.05) is 38.2 Å². The van der Waals surface area contributed by atoms with E-state index in [9.17, 15) is 14.4 Å². The first-order chi connectivity index (χ1) is 26.3. The maximum absolute atomic E-state index is 13.1. The lowest BCUT2D eigenvalue weighted by Crippen LogP contribution is -2.34. The van der Waals surface area contributed by atoms with Crippen molar-refractivity contribution in [2.24, 2.45) is 0 Å². The summed E-state index contributed by atoms with van der Waals surface area (Å²) in [6, 6.07) is 0. The van der Waals surface area contributed by atoms with Gasteiger partial charge in [-0.15, -0.1) is 0 Å². The van der Waals surface area contributed by atoms with Crippen LogP contribution in [0.15, 0.2) is 24.3 Å². The smallest absolute Gasteiger partial charge is 0.303 e. The fourth-order valence-electron chi connectivity index (χ4n) is 6.72. The van der Waals surface area contributed by atoms with E-state index in [2.05, 4.69) is 48.2 Å². The van der Waals surface area contributed by atoms with Crippen LogP contribution in [0, 0.1) is 0 Å². The van der Waals surface area contributed by atoms with Crippen LogP contribution < -0.4 is 0 Å². The molecular formula is C46H86N2O5S. The highest BCUT2D eigenvalue weighted by Crippen LogP contribution is 2.15. The molecule has 1 amide bonds. The zero-order valence-electron chi connectivity index (χ0n) is 35.4. The van der Waals surface area contributed by atoms with Crippen LogP contribution in [0.3, 0.4) is 0 Å². The Morgan fingerprint density at radius 3 is 1.04 bits per heavy atom. The van der Waals surface area contributed by atoms with E-state index in [0.717, 1.165) is 89.6 Å². The molecule has 0 heterocycles. The van der Waals surface area contributed by atoms with Crippen molar-refractivity contribution in [3.63, 3.8) is 0 Å². The zero-order chi connectivity index (χ0) is 39.6. The van der Waals surface area contributed by atoms with Gasteiger partial charge in [0.25, 0.3) is 0 Å². The van der Waals surface area contributed by atoms with Gasteiger partial charge in [-0.2, -0.15) is 11.8 Å². The highest BCUT2D eigenvalue weighted by molar-refractivity contribution is 7.99. The molecule has 0 rings (SSSR count). The molecule has 0 unspecified atom stereocenters. The Morgan fingerprint density at radius 1 is 0.426 bits per heavy atom. The number of carboxylic acid groups (broad SMARTS) is 2. The molecule has 0 aromatic carbocycles. The molecule has 0 atom stereocenters. The minimum atomic E-state index is -0.676. The summed E-state index contributed by atoms with van der Waals surface area (Å²) in [6.07, 6.45) is 46.0. The standard InChI is InChI=1S/C46H86N2O5S/c1-47(2)41-42-54-43-44(49)48(39-35-31-27-23-19-15-11-7-3-5-9-13-17-21-25-29-33-37-45(50)51)40-36-32-28-24-20-16-12-8-4-6-10-14-18-22-26-30-34-38-46(52)53/h5-6,9-10H,3-4,7-8,11-43H2,1-2H3,(H,50,51)(H,52,53)/b9-5-,10-6-. The number of unbranched alkanes of at least 4 members (excludes halogenated alkanes) is 26. The normalized spacial score (nSPS) is 11.8. The Kier molecular flexibility index (Phi) is 40.9. The Morgan fingerprint density at radius 2 is 0.722 bits per heavy atom. The summed E-state index contributed by atoms with van der Waals surface area (Å²) in [7, 11) is 4.18. The van der Waals surface area contributed by atoms with Gasteiger partial charge >= 0.3 is 11.9 Å². The fraction of sp³-hybridized carbons (Fsp3) is 0.848. The number of allylic oxidation sites excluding steroid dienone is 4. The van der Waals surface area contributed by atoms with E-state index < -0.39 is 11.9 Å². The number of hydrogen-bond acceptors (Lipinski definition) is 5. The van der Waals surface area contributed by atoms with Gasteiger partial charge < -0.3 is 20.0 Å². The lowest BCUT2D eigenvalue weighted by atomic mass is 10.1. The van der Waals surface area contributed by atoms with E-state index in [1.165, 1.54) is 128 Å². The van der Waals surface area contributed by atoms with Crippen molar-refractivity contribution < 1.29 is 24.6 Å². The first-order valence-corrected chi connectivity index (χ1v) is 23.7. The van der Waals surface area contributed by atoms with Gasteiger partial charge in [0.1, 0.15) is 0 Å². The highest BCUT2D eigenvalue weighted by Gasteiger charge is 2.13. The molecule has 0 fully saturated rings. The van der Waals surface area contributed by atoms with Crippen molar-refractivity contribution in [1.29, 1.82) is 0 Å². The molecule has 0 aromatic rings. The quantitative estimate of drug-likeness (QED) is 0.0470. The van der Waals surface area contributed by atoms with Crippen LogP contribution in [-0.2, 0) is 14.4 Å². The van der Waals surface area contributed by atoms with Crippen LogP contribution in [0.5, 0.6) is 0 Å². The Balaban J connectivity index is 3.89. The van der Waals surface area contributed by atoms with Crippen LogP contribution in [0.1, 0.15) is 205 Å². The van der Waals surface area contributed by atoms with Crippen molar-refractivity contribution in [3.05, 3.63) is 24.3 Å². The molecule has 0 radical (unpaired) electrons. The van der Waals surface area contributed by atoms with E-state index in [4.69, 9.17) is 10.2 Å². The van der Waals surface area contributed by atoms with Crippen molar-refractivity contribution in [1.82, 2.24) is 9.80 Å². The first-order valence-electron chi connectivity index (χ1n) is 22.6. The number of aliphatic carboxylic acids is 2. The van der Waals surface area contributed by atoms with E-state index in [0.29, 0.717) is 24.5 Å². The summed E-state index contributed by atoms with van der Waals surface area (Å²) >= 11 is 1.78. The average molecular weight is 779 g/mol. The maximum Gasteiger partial charge on any atom is 0.303 e. The predicted molar refractivity (Wildman–Crippen MR) is 234 cm³/mol. The van der Waals surface area contributed by atoms with Gasteiger partial charge in [0.05, 0.1) is 5.75 Å². The van der Waals surface area contributed by atoms with E-state index in [1.54, 1.807) is 11.8 Å². The molecule has 0 bridgehead atoms.